The van der Waals surface area contributed by atoms with Gasteiger partial charge in [0.15, 0.2) is 5.82 Å². The second-order valence-electron chi connectivity index (χ2n) is 4.34. The molecule has 0 saturated carbocycles. The van der Waals surface area contributed by atoms with Gasteiger partial charge in [-0.15, -0.1) is 0 Å². The molecule has 7 nitrogen and oxygen atoms in total. The summed E-state index contributed by atoms with van der Waals surface area (Å²) in [7, 11) is 1.74. The van der Waals surface area contributed by atoms with Crippen molar-refractivity contribution in [3.63, 3.8) is 0 Å². The Morgan fingerprint density at radius 1 is 1.50 bits per heavy atom. The van der Waals surface area contributed by atoms with Gasteiger partial charge in [-0.25, -0.2) is 9.67 Å². The molecule has 0 aromatic carbocycles. The maximum Gasteiger partial charge on any atom is 0.325 e. The fourth-order valence-electron chi connectivity index (χ4n) is 1.66. The van der Waals surface area contributed by atoms with Gasteiger partial charge in [0, 0.05) is 25.5 Å². The first-order chi connectivity index (χ1) is 9.60. The van der Waals surface area contributed by atoms with Gasteiger partial charge < -0.3 is 9.64 Å². The van der Waals surface area contributed by atoms with E-state index in [1.54, 1.807) is 42.0 Å². The molecule has 0 amide bonds. The highest BCUT2D eigenvalue weighted by Gasteiger charge is 2.11. The van der Waals surface area contributed by atoms with Crippen molar-refractivity contribution in [2.75, 3.05) is 25.1 Å². The van der Waals surface area contributed by atoms with E-state index in [-0.39, 0.29) is 12.5 Å². The van der Waals surface area contributed by atoms with Crippen LogP contribution in [0.4, 0.5) is 5.95 Å². The van der Waals surface area contributed by atoms with Crippen molar-refractivity contribution in [1.29, 1.82) is 0 Å². The number of hydrogen-bond donors (Lipinski definition) is 0. The predicted octanol–water partition coefficient (Wildman–Crippen LogP) is 0.970. The first kappa shape index (κ1) is 14.0. The molecule has 0 spiro atoms. The molecule has 2 aromatic heterocycles. The van der Waals surface area contributed by atoms with E-state index in [1.807, 2.05) is 13.1 Å². The fourth-order valence-corrected chi connectivity index (χ4v) is 1.66. The molecule has 0 aliphatic heterocycles. The van der Waals surface area contributed by atoms with Crippen molar-refractivity contribution in [2.45, 2.75) is 13.8 Å². The standard InChI is InChI=1S/C13H17N5O2/c1-4-20-12(19)9-17(3)13-14-6-5-11(16-13)18-8-10(2)7-15-18/h5-8H,4,9H2,1-3H3. The lowest BCUT2D eigenvalue weighted by atomic mass is 10.4. The minimum atomic E-state index is -0.307. The third-order valence-electron chi connectivity index (χ3n) is 2.59. The van der Waals surface area contributed by atoms with Crippen LogP contribution >= 0.6 is 0 Å². The van der Waals surface area contributed by atoms with Crippen molar-refractivity contribution >= 4 is 11.9 Å². The number of rotatable bonds is 5. The van der Waals surface area contributed by atoms with Crippen molar-refractivity contribution < 1.29 is 9.53 Å². The second-order valence-corrected chi connectivity index (χ2v) is 4.34. The van der Waals surface area contributed by atoms with E-state index in [0.29, 0.717) is 18.4 Å². The third-order valence-corrected chi connectivity index (χ3v) is 2.59. The zero-order valence-corrected chi connectivity index (χ0v) is 11.8. The Kier molecular flexibility index (Phi) is 4.29. The maximum absolute atomic E-state index is 11.4. The van der Waals surface area contributed by atoms with Gasteiger partial charge in [0.2, 0.25) is 5.95 Å². The Bertz CT molecular complexity index is 596. The maximum atomic E-state index is 11.4. The molecule has 106 valence electrons. The minimum Gasteiger partial charge on any atom is -0.465 e. The summed E-state index contributed by atoms with van der Waals surface area (Å²) in [5, 5.41) is 4.19. The molecule has 0 bridgehead atoms. The summed E-state index contributed by atoms with van der Waals surface area (Å²) in [4.78, 5) is 21.6. The molecule has 0 aliphatic carbocycles. The first-order valence-electron chi connectivity index (χ1n) is 6.31. The molecule has 0 N–H and O–H groups in total. The number of esters is 1. The van der Waals surface area contributed by atoms with Crippen LogP contribution in [-0.4, -0.2) is 45.9 Å². The number of carbonyl (C=O) groups excluding carboxylic acids is 1. The van der Waals surface area contributed by atoms with Crippen LogP contribution in [0.1, 0.15) is 12.5 Å². The number of nitrogens with zero attached hydrogens (tertiary/aromatic N) is 5. The number of hydrogen-bond acceptors (Lipinski definition) is 6. The van der Waals surface area contributed by atoms with Crippen molar-refractivity contribution in [3.05, 3.63) is 30.2 Å². The molecule has 0 unspecified atom stereocenters. The predicted molar refractivity (Wildman–Crippen MR) is 73.8 cm³/mol. The van der Waals surface area contributed by atoms with E-state index < -0.39 is 0 Å². The Morgan fingerprint density at radius 2 is 2.30 bits per heavy atom. The van der Waals surface area contributed by atoms with Crippen molar-refractivity contribution in [2.24, 2.45) is 0 Å². The number of anilines is 1. The molecule has 0 atom stereocenters. The highest BCUT2D eigenvalue weighted by molar-refractivity contribution is 5.74. The van der Waals surface area contributed by atoms with Gasteiger partial charge in [-0.3, -0.25) is 4.79 Å². The summed E-state index contributed by atoms with van der Waals surface area (Å²) < 4.78 is 6.56. The van der Waals surface area contributed by atoms with Gasteiger partial charge in [-0.1, -0.05) is 0 Å². The lowest BCUT2D eigenvalue weighted by Gasteiger charge is -2.16. The molecule has 0 aliphatic rings. The van der Waals surface area contributed by atoms with Gasteiger partial charge in [0.05, 0.1) is 12.8 Å². The molecule has 2 heterocycles. The van der Waals surface area contributed by atoms with Gasteiger partial charge in [0.1, 0.15) is 6.54 Å². The zero-order valence-electron chi connectivity index (χ0n) is 11.8. The average molecular weight is 275 g/mol. The number of aromatic nitrogens is 4. The van der Waals surface area contributed by atoms with Gasteiger partial charge in [-0.05, 0) is 19.4 Å². The topological polar surface area (TPSA) is 73.1 Å². The summed E-state index contributed by atoms with van der Waals surface area (Å²) in [6, 6.07) is 1.76. The van der Waals surface area contributed by atoms with Crippen LogP contribution in [0.25, 0.3) is 5.82 Å². The molecule has 7 heteroatoms. The highest BCUT2D eigenvalue weighted by atomic mass is 16.5. The van der Waals surface area contributed by atoms with Crippen molar-refractivity contribution in [3.8, 4) is 5.82 Å². The Hall–Kier alpha value is -2.44. The number of ether oxygens (including phenoxy) is 1. The van der Waals surface area contributed by atoms with Crippen LogP contribution in [0.2, 0.25) is 0 Å². The Morgan fingerprint density at radius 3 is 2.95 bits per heavy atom. The summed E-state index contributed by atoms with van der Waals surface area (Å²) in [5.41, 5.74) is 1.05. The van der Waals surface area contributed by atoms with Crippen molar-refractivity contribution in [1.82, 2.24) is 19.7 Å². The summed E-state index contributed by atoms with van der Waals surface area (Å²) >= 11 is 0. The van der Waals surface area contributed by atoms with Gasteiger partial charge >= 0.3 is 5.97 Å². The Labute approximate surface area is 117 Å². The van der Waals surface area contributed by atoms with E-state index in [0.717, 1.165) is 5.56 Å². The Balaban J connectivity index is 2.15. The fraction of sp³-hybridized carbons (Fsp3) is 0.385. The smallest absolute Gasteiger partial charge is 0.325 e. The molecular weight excluding hydrogens is 258 g/mol. The van der Waals surface area contributed by atoms with Crippen LogP contribution in [0.15, 0.2) is 24.7 Å². The monoisotopic (exact) mass is 275 g/mol. The van der Waals surface area contributed by atoms with Crippen LogP contribution in [0.3, 0.4) is 0 Å². The molecular formula is C13H17N5O2. The highest BCUT2D eigenvalue weighted by Crippen LogP contribution is 2.09. The van der Waals surface area contributed by atoms with E-state index in [1.165, 1.54) is 0 Å². The summed E-state index contributed by atoms with van der Waals surface area (Å²) in [6.07, 6.45) is 5.26. The molecule has 0 radical (unpaired) electrons. The average Bonchev–Trinajstić information content (AvgIpc) is 2.86. The second kappa shape index (κ2) is 6.14. The molecule has 2 rings (SSSR count). The van der Waals surface area contributed by atoms with Crippen LogP contribution < -0.4 is 4.90 Å². The largest absolute Gasteiger partial charge is 0.465 e. The first-order valence-corrected chi connectivity index (χ1v) is 6.31. The number of carbonyl (C=O) groups is 1. The SMILES string of the molecule is CCOC(=O)CN(C)c1nccc(-n2cc(C)cn2)n1. The van der Waals surface area contributed by atoms with E-state index >= 15 is 0 Å². The van der Waals surface area contributed by atoms with Crippen LogP contribution in [0, 0.1) is 6.92 Å². The lowest BCUT2D eigenvalue weighted by Crippen LogP contribution is -2.28. The van der Waals surface area contributed by atoms with Crippen LogP contribution in [-0.2, 0) is 9.53 Å². The van der Waals surface area contributed by atoms with Gasteiger partial charge in [0.25, 0.3) is 0 Å². The summed E-state index contributed by atoms with van der Waals surface area (Å²) in [6.45, 7) is 4.20. The van der Waals surface area contributed by atoms with E-state index in [2.05, 4.69) is 15.1 Å². The molecule has 2 aromatic rings. The summed E-state index contributed by atoms with van der Waals surface area (Å²) in [5.74, 6) is 0.793. The van der Waals surface area contributed by atoms with Gasteiger partial charge in [-0.2, -0.15) is 10.1 Å². The minimum absolute atomic E-state index is 0.107. The number of likely N-dealkylation sites (N-methyl/N-ethyl adjacent to an activating group) is 1. The van der Waals surface area contributed by atoms with E-state index in [4.69, 9.17) is 4.74 Å². The van der Waals surface area contributed by atoms with Crippen LogP contribution in [0.5, 0.6) is 0 Å². The lowest BCUT2D eigenvalue weighted by molar-refractivity contribution is -0.141. The number of aryl methyl sites for hydroxylation is 1. The zero-order chi connectivity index (χ0) is 14.5. The molecule has 0 fully saturated rings. The third kappa shape index (κ3) is 3.31. The normalized spacial score (nSPS) is 10.3. The quantitative estimate of drug-likeness (QED) is 0.757. The van der Waals surface area contributed by atoms with E-state index in [9.17, 15) is 4.79 Å². The molecule has 0 saturated heterocycles. The molecule has 20 heavy (non-hydrogen) atoms.